The minimum Gasteiger partial charge on any atom is -0.359 e. The molecule has 1 rings (SSSR count). The summed E-state index contributed by atoms with van der Waals surface area (Å²) in [6.07, 6.45) is 8.16. The average molecular weight is 248 g/mol. The zero-order valence-electron chi connectivity index (χ0n) is 12.0. The van der Waals surface area contributed by atoms with Gasteiger partial charge in [0.25, 0.3) is 0 Å². The number of aryl methyl sites for hydroxylation is 2. The van der Waals surface area contributed by atoms with Crippen LogP contribution in [0.25, 0.3) is 6.08 Å². The number of rotatable bonds is 4. The molecular formula is C15H24N2O. The summed E-state index contributed by atoms with van der Waals surface area (Å²) in [5.41, 5.74) is 3.71. The summed E-state index contributed by atoms with van der Waals surface area (Å²) in [6, 6.07) is 2.15. The Morgan fingerprint density at radius 3 is 2.39 bits per heavy atom. The van der Waals surface area contributed by atoms with Crippen molar-refractivity contribution in [3.05, 3.63) is 41.2 Å². The number of likely N-dealkylation sites (N-methyl/N-ethyl adjacent to an activating group) is 1. The maximum Gasteiger partial charge on any atom is 0.143 e. The smallest absolute Gasteiger partial charge is 0.143 e. The predicted octanol–water partition coefficient (Wildman–Crippen LogP) is 3.02. The van der Waals surface area contributed by atoms with E-state index in [0.29, 0.717) is 6.54 Å². The maximum atomic E-state index is 9.98. The molecule has 0 aliphatic rings. The number of hydrogen-bond acceptors (Lipinski definition) is 2. The van der Waals surface area contributed by atoms with Crippen molar-refractivity contribution in [2.45, 2.75) is 27.7 Å². The number of aromatic amines is 1. The second-order valence-electron chi connectivity index (χ2n) is 4.17. The van der Waals surface area contributed by atoms with Gasteiger partial charge in [-0.25, -0.2) is 0 Å². The number of hydrogen-bond donors (Lipinski definition) is 2. The van der Waals surface area contributed by atoms with Crippen molar-refractivity contribution in [2.75, 3.05) is 13.6 Å². The third-order valence-electron chi connectivity index (χ3n) is 2.18. The number of nitrogens with one attached hydrogen (secondary N) is 2. The van der Waals surface area contributed by atoms with Crippen molar-refractivity contribution in [3.63, 3.8) is 0 Å². The molecule has 1 aromatic heterocycles. The van der Waals surface area contributed by atoms with E-state index in [1.807, 2.05) is 25.2 Å². The lowest BCUT2D eigenvalue weighted by molar-refractivity contribution is -0.116. The maximum absolute atomic E-state index is 9.98. The highest BCUT2D eigenvalue weighted by Gasteiger charge is 1.95. The lowest BCUT2D eigenvalue weighted by atomic mass is 10.2. The van der Waals surface area contributed by atoms with Crippen LogP contribution < -0.4 is 5.32 Å². The number of allylic oxidation sites excluding steroid dienone is 3. The molecule has 0 fully saturated rings. The van der Waals surface area contributed by atoms with Gasteiger partial charge < -0.3 is 10.3 Å². The van der Waals surface area contributed by atoms with Gasteiger partial charge in [-0.15, -0.1) is 0 Å². The van der Waals surface area contributed by atoms with Crippen LogP contribution in [-0.2, 0) is 4.79 Å². The summed E-state index contributed by atoms with van der Waals surface area (Å²) in [5.74, 6) is 0.178. The summed E-state index contributed by atoms with van der Waals surface area (Å²) in [5, 5.41) is 2.72. The largest absolute Gasteiger partial charge is 0.359 e. The van der Waals surface area contributed by atoms with Gasteiger partial charge in [0, 0.05) is 11.4 Å². The van der Waals surface area contributed by atoms with Gasteiger partial charge >= 0.3 is 0 Å². The average Bonchev–Trinajstić information content (AvgIpc) is 2.58. The van der Waals surface area contributed by atoms with Gasteiger partial charge in [0.1, 0.15) is 5.78 Å². The number of carbonyl (C=O) groups is 1. The van der Waals surface area contributed by atoms with Gasteiger partial charge in [-0.1, -0.05) is 18.2 Å². The molecular weight excluding hydrogens is 224 g/mol. The molecule has 100 valence electrons. The molecule has 1 heterocycles. The summed E-state index contributed by atoms with van der Waals surface area (Å²) in [6.45, 7) is 8.23. The highest BCUT2D eigenvalue weighted by molar-refractivity contribution is 5.77. The van der Waals surface area contributed by atoms with Gasteiger partial charge in [0.15, 0.2) is 0 Å². The van der Waals surface area contributed by atoms with Crippen molar-refractivity contribution in [2.24, 2.45) is 0 Å². The molecule has 0 aliphatic carbocycles. The molecule has 0 amide bonds. The molecule has 0 bridgehead atoms. The van der Waals surface area contributed by atoms with E-state index in [1.165, 1.54) is 17.0 Å². The molecule has 1 aromatic rings. The molecule has 3 heteroatoms. The van der Waals surface area contributed by atoms with E-state index in [2.05, 4.69) is 36.3 Å². The lowest BCUT2D eigenvalue weighted by Gasteiger charge is -1.87. The molecule has 0 saturated heterocycles. The first kappa shape index (κ1) is 16.4. The Balaban J connectivity index is 0.000000411. The van der Waals surface area contributed by atoms with Crippen molar-refractivity contribution >= 4 is 11.9 Å². The van der Waals surface area contributed by atoms with Crippen molar-refractivity contribution in [3.8, 4) is 0 Å². The fraction of sp³-hybridized carbons (Fsp3) is 0.400. The van der Waals surface area contributed by atoms with Crippen LogP contribution >= 0.6 is 0 Å². The third kappa shape index (κ3) is 7.63. The highest BCUT2D eigenvalue weighted by atomic mass is 16.1. The number of H-pyrrole nitrogens is 1. The first-order valence-electron chi connectivity index (χ1n) is 6.10. The molecule has 0 atom stereocenters. The molecule has 18 heavy (non-hydrogen) atoms. The van der Waals surface area contributed by atoms with E-state index in [0.717, 1.165) is 0 Å². The molecule has 3 nitrogen and oxygen atoms in total. The van der Waals surface area contributed by atoms with Crippen LogP contribution in [0, 0.1) is 13.8 Å². The van der Waals surface area contributed by atoms with Crippen molar-refractivity contribution in [1.82, 2.24) is 10.3 Å². The normalized spacial score (nSPS) is 10.7. The molecule has 2 N–H and O–H groups in total. The molecule has 0 radical (unpaired) electrons. The van der Waals surface area contributed by atoms with E-state index in [9.17, 15) is 4.79 Å². The van der Waals surface area contributed by atoms with Gasteiger partial charge in [0.05, 0.1) is 6.54 Å². The highest BCUT2D eigenvalue weighted by Crippen LogP contribution is 2.10. The van der Waals surface area contributed by atoms with Crippen molar-refractivity contribution in [1.29, 1.82) is 0 Å². The molecule has 0 unspecified atom stereocenters. The first-order valence-corrected chi connectivity index (χ1v) is 6.10. The van der Waals surface area contributed by atoms with Gasteiger partial charge in [-0.3, -0.25) is 4.79 Å². The standard InChI is InChI=1S/C11H15N.C4H9NO/c1-4-5-6-7-11-9(2)8-10(3)12-11;1-4(6)3-5-2/h4-8,12H,1-3H3;5H,3H2,1-2H3/b5-4-,7-6-;. The number of Topliss-reactive ketones (excluding diaryl/α,β-unsaturated/α-hetero) is 1. The van der Waals surface area contributed by atoms with Gasteiger partial charge in [-0.2, -0.15) is 0 Å². The second kappa shape index (κ2) is 9.42. The monoisotopic (exact) mass is 248 g/mol. The van der Waals surface area contributed by atoms with E-state index in [4.69, 9.17) is 0 Å². The van der Waals surface area contributed by atoms with Gasteiger partial charge in [0.2, 0.25) is 0 Å². The predicted molar refractivity (Wildman–Crippen MR) is 78.7 cm³/mol. The summed E-state index contributed by atoms with van der Waals surface area (Å²) in [7, 11) is 1.75. The number of carbonyl (C=O) groups excluding carboxylic acids is 1. The Morgan fingerprint density at radius 2 is 2.06 bits per heavy atom. The summed E-state index contributed by atoms with van der Waals surface area (Å²) < 4.78 is 0. The van der Waals surface area contributed by atoms with Crippen LogP contribution in [0.3, 0.4) is 0 Å². The van der Waals surface area contributed by atoms with E-state index < -0.39 is 0 Å². The molecule has 0 saturated carbocycles. The fourth-order valence-electron chi connectivity index (χ4n) is 1.43. The van der Waals surface area contributed by atoms with E-state index >= 15 is 0 Å². The SMILES string of the molecule is C/C=C\C=C/c1[nH]c(C)cc1C.CNCC(C)=O. The van der Waals surface area contributed by atoms with Crippen molar-refractivity contribution < 1.29 is 4.79 Å². The minimum atomic E-state index is 0.178. The number of ketones is 1. The van der Waals surface area contributed by atoms with Crippen LogP contribution in [0.2, 0.25) is 0 Å². The Bertz CT molecular complexity index is 414. The molecule has 0 aromatic carbocycles. The fourth-order valence-corrected chi connectivity index (χ4v) is 1.43. The molecule has 0 spiro atoms. The zero-order chi connectivity index (χ0) is 14.0. The summed E-state index contributed by atoms with van der Waals surface area (Å²) in [4.78, 5) is 13.3. The Kier molecular flexibility index (Phi) is 8.58. The zero-order valence-corrected chi connectivity index (χ0v) is 12.0. The summed E-state index contributed by atoms with van der Waals surface area (Å²) >= 11 is 0. The van der Waals surface area contributed by atoms with Crippen LogP contribution in [-0.4, -0.2) is 24.4 Å². The lowest BCUT2D eigenvalue weighted by Crippen LogP contribution is -2.14. The van der Waals surface area contributed by atoms with Crippen LogP contribution in [0.15, 0.2) is 24.3 Å². The van der Waals surface area contributed by atoms with E-state index in [1.54, 1.807) is 14.0 Å². The first-order chi connectivity index (χ1) is 8.51. The Labute approximate surface area is 110 Å². The topological polar surface area (TPSA) is 44.9 Å². The van der Waals surface area contributed by atoms with Crippen LogP contribution in [0.4, 0.5) is 0 Å². The third-order valence-corrected chi connectivity index (χ3v) is 2.18. The van der Waals surface area contributed by atoms with Gasteiger partial charge in [-0.05, 0) is 52.4 Å². The quantitative estimate of drug-likeness (QED) is 0.804. The minimum absolute atomic E-state index is 0.178. The van der Waals surface area contributed by atoms with Crippen LogP contribution in [0.1, 0.15) is 30.8 Å². The van der Waals surface area contributed by atoms with Crippen LogP contribution in [0.5, 0.6) is 0 Å². The Hall–Kier alpha value is -1.61. The molecule has 0 aliphatic heterocycles. The Morgan fingerprint density at radius 1 is 1.39 bits per heavy atom. The second-order valence-corrected chi connectivity index (χ2v) is 4.17. The van der Waals surface area contributed by atoms with E-state index in [-0.39, 0.29) is 5.78 Å². The number of aromatic nitrogens is 1.